The Morgan fingerprint density at radius 1 is 0.260 bits per heavy atom. The second-order valence-corrected chi connectivity index (χ2v) is 23.5. The van der Waals surface area contributed by atoms with Crippen molar-refractivity contribution >= 4 is 96.5 Å². The summed E-state index contributed by atoms with van der Waals surface area (Å²) >= 11 is 8.00. The number of unbranched alkanes of at least 4 members (excludes halogenated alkanes) is 12. The summed E-state index contributed by atoms with van der Waals surface area (Å²) in [7, 11) is 0. The van der Waals surface area contributed by atoms with Crippen LogP contribution >= 0.6 is 31.9 Å². The summed E-state index contributed by atoms with van der Waals surface area (Å²) in [5.41, 5.74) is 14.4. The molecule has 0 aliphatic heterocycles. The molecule has 0 radical (unpaired) electrons. The number of hydrogen-bond donors (Lipinski definition) is 0. The lowest BCUT2D eigenvalue weighted by molar-refractivity contribution is 0.558. The molecular weight excluding hydrogens is 1010 g/mol. The lowest BCUT2D eigenvalue weighted by Gasteiger charge is -2.20. The fourth-order valence-corrected chi connectivity index (χ4v) is 13.8. The van der Waals surface area contributed by atoms with Gasteiger partial charge in [0, 0.05) is 8.95 Å². The molecular formula is C71H78Br2. The van der Waals surface area contributed by atoms with Gasteiger partial charge in [-0.25, -0.2) is 0 Å². The number of aryl methyl sites for hydroxylation is 6. The van der Waals surface area contributed by atoms with Crippen molar-refractivity contribution in [3.63, 3.8) is 0 Å². The zero-order valence-electron chi connectivity index (χ0n) is 44.6. The van der Waals surface area contributed by atoms with Crippen LogP contribution in [0.15, 0.2) is 130 Å². The fraction of sp³-hybridized carbons (Fsp3) is 0.380. The predicted molar refractivity (Wildman–Crippen MR) is 330 cm³/mol. The van der Waals surface area contributed by atoms with Crippen LogP contribution in [0.25, 0.3) is 86.9 Å². The standard InChI is InChI=1S/C71H78Br2/c1-5-9-24-52-44-64(60-40-36-58-54(26-11-7-3)46-66(72)62-42-38-56(52)68(60)70(58)62)50-32-28-48(29-33-50)22-20-18-16-14-13-15-17-19-21-23-49-30-34-51(35-31-49)65-45-53(25-10-6-2)57-39-43-63-67(73)47-55(27-12-8-4)59-37-41-61(65)69(57)71(59)63/h28-47H,5-27H2,1-4H3. The minimum Gasteiger partial charge on any atom is -0.0654 e. The Morgan fingerprint density at radius 3 is 0.863 bits per heavy atom. The molecule has 10 rings (SSSR count). The van der Waals surface area contributed by atoms with Crippen LogP contribution in [0.1, 0.15) is 170 Å². The van der Waals surface area contributed by atoms with E-state index < -0.39 is 0 Å². The second kappa shape index (κ2) is 24.3. The molecule has 0 aliphatic rings. The molecule has 0 saturated heterocycles. The molecule has 0 nitrogen and oxygen atoms in total. The second-order valence-electron chi connectivity index (χ2n) is 21.8. The van der Waals surface area contributed by atoms with Gasteiger partial charge in [0.2, 0.25) is 0 Å². The van der Waals surface area contributed by atoms with Crippen molar-refractivity contribution in [3.05, 3.63) is 164 Å². The lowest BCUT2D eigenvalue weighted by Crippen LogP contribution is -1.96. The molecule has 0 fully saturated rings. The van der Waals surface area contributed by atoms with Crippen molar-refractivity contribution < 1.29 is 0 Å². The van der Waals surface area contributed by atoms with Crippen LogP contribution in [0, 0.1) is 0 Å². The van der Waals surface area contributed by atoms with Gasteiger partial charge in [-0.05, 0) is 222 Å². The predicted octanol–water partition coefficient (Wildman–Crippen LogP) is 23.0. The van der Waals surface area contributed by atoms with Crippen molar-refractivity contribution in [2.75, 3.05) is 0 Å². The van der Waals surface area contributed by atoms with Crippen LogP contribution in [-0.4, -0.2) is 0 Å². The highest BCUT2D eigenvalue weighted by molar-refractivity contribution is 9.11. The third-order valence-corrected chi connectivity index (χ3v) is 18.0. The largest absolute Gasteiger partial charge is 0.0654 e. The van der Waals surface area contributed by atoms with E-state index in [0.29, 0.717) is 0 Å². The maximum atomic E-state index is 4.00. The van der Waals surface area contributed by atoms with E-state index >= 15 is 0 Å². The average molecular weight is 1090 g/mol. The van der Waals surface area contributed by atoms with Gasteiger partial charge in [0.05, 0.1) is 0 Å². The summed E-state index contributed by atoms with van der Waals surface area (Å²) in [4.78, 5) is 0. The highest BCUT2D eigenvalue weighted by Gasteiger charge is 2.21. The minimum absolute atomic E-state index is 1.12. The Hall–Kier alpha value is -4.76. The molecule has 0 N–H and O–H groups in total. The Labute approximate surface area is 454 Å². The Balaban J connectivity index is 0.703. The highest BCUT2D eigenvalue weighted by Crippen LogP contribution is 2.47. The highest BCUT2D eigenvalue weighted by atomic mass is 79.9. The molecule has 0 aliphatic carbocycles. The first kappa shape index (κ1) is 51.7. The summed E-state index contributed by atoms with van der Waals surface area (Å²) in [5.74, 6) is 0. The number of hydrogen-bond acceptors (Lipinski definition) is 0. The van der Waals surface area contributed by atoms with Gasteiger partial charge in [0.1, 0.15) is 0 Å². The van der Waals surface area contributed by atoms with E-state index in [1.165, 1.54) is 251 Å². The molecule has 73 heavy (non-hydrogen) atoms. The molecule has 0 bridgehead atoms. The van der Waals surface area contributed by atoms with Gasteiger partial charge >= 0.3 is 0 Å². The van der Waals surface area contributed by atoms with Gasteiger partial charge in [-0.3, -0.25) is 0 Å². The van der Waals surface area contributed by atoms with Gasteiger partial charge in [-0.2, -0.15) is 0 Å². The van der Waals surface area contributed by atoms with Gasteiger partial charge in [-0.1, -0.05) is 227 Å². The Bertz CT molecular complexity index is 3200. The van der Waals surface area contributed by atoms with E-state index in [2.05, 4.69) is 181 Å². The number of halogens is 2. The van der Waals surface area contributed by atoms with Crippen molar-refractivity contribution in [2.24, 2.45) is 0 Å². The summed E-state index contributed by atoms with van der Waals surface area (Å²) in [6, 6.07) is 48.3. The normalized spacial score (nSPS) is 12.1. The quantitative estimate of drug-likeness (QED) is 0.0374. The monoisotopic (exact) mass is 1090 g/mol. The van der Waals surface area contributed by atoms with Crippen LogP contribution in [0.3, 0.4) is 0 Å². The van der Waals surface area contributed by atoms with Gasteiger partial charge in [0.25, 0.3) is 0 Å². The van der Waals surface area contributed by atoms with E-state index in [1.54, 1.807) is 0 Å². The first-order valence-corrected chi connectivity index (χ1v) is 30.5. The number of rotatable bonds is 26. The molecule has 10 aromatic carbocycles. The van der Waals surface area contributed by atoms with E-state index in [1.807, 2.05) is 0 Å². The molecule has 0 heterocycles. The SMILES string of the molecule is CCCCc1cc(Br)c2ccc3c(CCCC)cc(-c4ccc(CCCCCCCCCCCc5ccc(-c6cc(CCCC)c7ccc8c(Br)cc(CCCC)c9ccc6c7c89)cc5)cc4)c4ccc1c2c34. The summed E-state index contributed by atoms with van der Waals surface area (Å²) in [6.07, 6.45) is 28.6. The molecule has 0 unspecified atom stereocenters. The Kier molecular flexibility index (Phi) is 17.2. The molecule has 0 spiro atoms. The maximum Gasteiger partial charge on any atom is 0.0257 e. The van der Waals surface area contributed by atoms with E-state index in [4.69, 9.17) is 0 Å². The van der Waals surface area contributed by atoms with E-state index in [0.717, 1.165) is 25.7 Å². The van der Waals surface area contributed by atoms with Crippen molar-refractivity contribution in [2.45, 2.75) is 175 Å². The van der Waals surface area contributed by atoms with Gasteiger partial charge < -0.3 is 0 Å². The molecule has 0 saturated carbocycles. The van der Waals surface area contributed by atoms with Gasteiger partial charge in [-0.15, -0.1) is 0 Å². The third kappa shape index (κ3) is 11.0. The summed E-state index contributed by atoms with van der Waals surface area (Å²) in [5, 5.41) is 17.0. The molecule has 376 valence electrons. The van der Waals surface area contributed by atoms with Crippen LogP contribution in [0.2, 0.25) is 0 Å². The summed E-state index contributed by atoms with van der Waals surface area (Å²) < 4.78 is 2.46. The van der Waals surface area contributed by atoms with Crippen molar-refractivity contribution in [3.8, 4) is 22.3 Å². The topological polar surface area (TPSA) is 0 Å². The van der Waals surface area contributed by atoms with E-state index in [-0.39, 0.29) is 0 Å². The number of benzene rings is 10. The zero-order chi connectivity index (χ0) is 50.3. The smallest absolute Gasteiger partial charge is 0.0257 e. The first-order valence-electron chi connectivity index (χ1n) is 28.9. The van der Waals surface area contributed by atoms with Crippen LogP contribution < -0.4 is 0 Å². The maximum absolute atomic E-state index is 4.00. The Morgan fingerprint density at radius 2 is 0.534 bits per heavy atom. The molecule has 10 aromatic rings. The van der Waals surface area contributed by atoms with Gasteiger partial charge in [0.15, 0.2) is 0 Å². The lowest BCUT2D eigenvalue weighted by atomic mass is 9.84. The van der Waals surface area contributed by atoms with E-state index in [9.17, 15) is 0 Å². The van der Waals surface area contributed by atoms with Crippen LogP contribution in [0.4, 0.5) is 0 Å². The molecule has 0 aromatic heterocycles. The summed E-state index contributed by atoms with van der Waals surface area (Å²) in [6.45, 7) is 9.22. The fourth-order valence-electron chi connectivity index (χ4n) is 12.6. The van der Waals surface area contributed by atoms with Crippen LogP contribution in [-0.2, 0) is 38.5 Å². The van der Waals surface area contributed by atoms with Crippen molar-refractivity contribution in [1.29, 1.82) is 0 Å². The zero-order valence-corrected chi connectivity index (χ0v) is 47.7. The molecule has 0 amide bonds. The minimum atomic E-state index is 1.12. The first-order chi connectivity index (χ1) is 35.9. The average Bonchev–Trinajstić information content (AvgIpc) is 3.42. The van der Waals surface area contributed by atoms with Crippen LogP contribution in [0.5, 0.6) is 0 Å². The molecule has 0 atom stereocenters. The molecule has 2 heteroatoms. The van der Waals surface area contributed by atoms with Crippen molar-refractivity contribution in [1.82, 2.24) is 0 Å². The third-order valence-electron chi connectivity index (χ3n) is 16.7.